The maximum Gasteiger partial charge on any atom is 0.231 e. The summed E-state index contributed by atoms with van der Waals surface area (Å²) in [6, 6.07) is 0.492. The third kappa shape index (κ3) is 3.47. The molecule has 2 fully saturated rings. The van der Waals surface area contributed by atoms with Crippen molar-refractivity contribution in [2.45, 2.75) is 82.6 Å². The van der Waals surface area contributed by atoms with Crippen molar-refractivity contribution in [3.63, 3.8) is 0 Å². The Bertz CT molecular complexity index is 445. The minimum absolute atomic E-state index is 0.403. The number of nitrogens with one attached hydrogen (secondary N) is 1. The molecule has 1 aromatic heterocycles. The van der Waals surface area contributed by atoms with E-state index in [-0.39, 0.29) is 0 Å². The summed E-state index contributed by atoms with van der Waals surface area (Å²) in [5.41, 5.74) is 0. The van der Waals surface area contributed by atoms with Crippen LogP contribution in [0.25, 0.3) is 0 Å². The second-order valence-electron chi connectivity index (χ2n) is 7.10. The average Bonchev–Trinajstić information content (AvgIpc) is 2.86. The average molecular weight is 291 g/mol. The first kappa shape index (κ1) is 15.0. The summed E-state index contributed by atoms with van der Waals surface area (Å²) in [6.45, 7) is 2.34. The Kier molecular flexibility index (Phi) is 4.94. The Labute approximate surface area is 128 Å². The van der Waals surface area contributed by atoms with E-state index in [1.165, 1.54) is 57.8 Å². The maximum atomic E-state index is 5.68. The highest BCUT2D eigenvalue weighted by atomic mass is 16.5. The van der Waals surface area contributed by atoms with Crippen LogP contribution in [0.3, 0.4) is 0 Å². The third-order valence-electron chi connectivity index (χ3n) is 5.46. The molecule has 0 spiro atoms. The lowest BCUT2D eigenvalue weighted by Gasteiger charge is -2.24. The standard InChI is InChI=1S/C17H29N3O/c1-12-7-6-8-13(11-12)16-19-17(21-20-16)14-9-4-3-5-10-15(14)18-2/h12-15,18H,3-11H2,1-2H3. The monoisotopic (exact) mass is 291 g/mol. The zero-order chi connectivity index (χ0) is 14.7. The predicted octanol–water partition coefficient (Wildman–Crippen LogP) is 4.00. The lowest BCUT2D eigenvalue weighted by molar-refractivity contribution is 0.299. The Balaban J connectivity index is 1.73. The van der Waals surface area contributed by atoms with Crippen LogP contribution < -0.4 is 5.32 Å². The molecule has 1 N–H and O–H groups in total. The molecule has 0 saturated heterocycles. The van der Waals surface area contributed by atoms with Crippen LogP contribution in [-0.2, 0) is 0 Å². The van der Waals surface area contributed by atoms with Crippen LogP contribution in [0.2, 0.25) is 0 Å². The van der Waals surface area contributed by atoms with Crippen molar-refractivity contribution in [2.24, 2.45) is 5.92 Å². The zero-order valence-corrected chi connectivity index (χ0v) is 13.5. The minimum Gasteiger partial charge on any atom is -0.339 e. The molecule has 118 valence electrons. The summed E-state index contributed by atoms with van der Waals surface area (Å²) in [5, 5.41) is 7.80. The van der Waals surface area contributed by atoms with Crippen molar-refractivity contribution in [1.29, 1.82) is 0 Å². The highest BCUT2D eigenvalue weighted by Gasteiger charge is 2.31. The van der Waals surface area contributed by atoms with E-state index in [1.807, 2.05) is 0 Å². The maximum absolute atomic E-state index is 5.68. The van der Waals surface area contributed by atoms with E-state index in [9.17, 15) is 0 Å². The first-order chi connectivity index (χ1) is 10.3. The fourth-order valence-corrected chi connectivity index (χ4v) is 4.18. The topological polar surface area (TPSA) is 51.0 Å². The third-order valence-corrected chi connectivity index (χ3v) is 5.46. The molecule has 0 radical (unpaired) electrons. The molecule has 0 aliphatic heterocycles. The molecule has 1 heterocycles. The van der Waals surface area contributed by atoms with E-state index in [4.69, 9.17) is 9.51 Å². The van der Waals surface area contributed by atoms with Gasteiger partial charge < -0.3 is 9.84 Å². The first-order valence-electron chi connectivity index (χ1n) is 8.78. The number of likely N-dealkylation sites (N-methyl/N-ethyl adjacent to an activating group) is 1. The van der Waals surface area contributed by atoms with Crippen molar-refractivity contribution in [3.05, 3.63) is 11.7 Å². The molecular formula is C17H29N3O. The van der Waals surface area contributed by atoms with Gasteiger partial charge in [0.2, 0.25) is 5.89 Å². The van der Waals surface area contributed by atoms with Gasteiger partial charge in [-0.15, -0.1) is 0 Å². The van der Waals surface area contributed by atoms with E-state index in [2.05, 4.69) is 24.4 Å². The quantitative estimate of drug-likeness (QED) is 0.855. The van der Waals surface area contributed by atoms with E-state index >= 15 is 0 Å². The summed E-state index contributed by atoms with van der Waals surface area (Å²) >= 11 is 0. The zero-order valence-electron chi connectivity index (χ0n) is 13.5. The van der Waals surface area contributed by atoms with Crippen molar-refractivity contribution < 1.29 is 4.52 Å². The molecule has 4 heteroatoms. The highest BCUT2D eigenvalue weighted by Crippen LogP contribution is 2.36. The Morgan fingerprint density at radius 3 is 2.71 bits per heavy atom. The van der Waals surface area contributed by atoms with E-state index in [1.54, 1.807) is 0 Å². The molecule has 0 amide bonds. The Morgan fingerprint density at radius 2 is 1.90 bits per heavy atom. The molecule has 2 aliphatic carbocycles. The molecule has 3 rings (SSSR count). The Hall–Kier alpha value is -0.900. The second-order valence-corrected chi connectivity index (χ2v) is 7.10. The van der Waals surface area contributed by atoms with Gasteiger partial charge in [-0.3, -0.25) is 0 Å². The molecule has 21 heavy (non-hydrogen) atoms. The molecule has 1 aromatic rings. The van der Waals surface area contributed by atoms with Crippen LogP contribution in [0.1, 0.15) is 88.3 Å². The molecule has 2 saturated carbocycles. The summed E-state index contributed by atoms with van der Waals surface area (Å²) < 4.78 is 5.68. The first-order valence-corrected chi connectivity index (χ1v) is 8.78. The van der Waals surface area contributed by atoms with Crippen LogP contribution in [0.4, 0.5) is 0 Å². The summed E-state index contributed by atoms with van der Waals surface area (Å²) in [5.74, 6) is 3.57. The number of aromatic nitrogens is 2. The molecular weight excluding hydrogens is 262 g/mol. The molecule has 2 aliphatic rings. The van der Waals surface area contributed by atoms with E-state index in [0.717, 1.165) is 17.6 Å². The van der Waals surface area contributed by atoms with Crippen molar-refractivity contribution >= 4 is 0 Å². The van der Waals surface area contributed by atoms with Crippen molar-refractivity contribution in [1.82, 2.24) is 15.5 Å². The molecule has 4 unspecified atom stereocenters. The molecule has 4 atom stereocenters. The summed E-state index contributed by atoms with van der Waals surface area (Å²) in [6.07, 6.45) is 11.4. The van der Waals surface area contributed by atoms with Crippen LogP contribution >= 0.6 is 0 Å². The van der Waals surface area contributed by atoms with Crippen LogP contribution in [-0.4, -0.2) is 23.2 Å². The molecule has 0 bridgehead atoms. The normalized spacial score (nSPS) is 34.6. The number of nitrogens with zero attached hydrogens (tertiary/aromatic N) is 2. The van der Waals surface area contributed by atoms with Crippen LogP contribution in [0.15, 0.2) is 4.52 Å². The van der Waals surface area contributed by atoms with Gasteiger partial charge in [0, 0.05) is 12.0 Å². The summed E-state index contributed by atoms with van der Waals surface area (Å²) in [4.78, 5) is 4.81. The van der Waals surface area contributed by atoms with Crippen molar-refractivity contribution in [2.75, 3.05) is 7.05 Å². The van der Waals surface area contributed by atoms with E-state index in [0.29, 0.717) is 17.9 Å². The second kappa shape index (κ2) is 6.91. The Morgan fingerprint density at radius 1 is 1.05 bits per heavy atom. The van der Waals surface area contributed by atoms with Gasteiger partial charge in [-0.25, -0.2) is 0 Å². The molecule has 4 nitrogen and oxygen atoms in total. The van der Waals surface area contributed by atoms with Gasteiger partial charge in [0.25, 0.3) is 0 Å². The van der Waals surface area contributed by atoms with Gasteiger partial charge in [-0.05, 0) is 38.6 Å². The fraction of sp³-hybridized carbons (Fsp3) is 0.882. The van der Waals surface area contributed by atoms with Gasteiger partial charge in [0.15, 0.2) is 5.82 Å². The van der Waals surface area contributed by atoms with Gasteiger partial charge in [-0.2, -0.15) is 4.98 Å². The predicted molar refractivity (Wildman–Crippen MR) is 83.3 cm³/mol. The number of hydrogen-bond donors (Lipinski definition) is 1. The molecule has 0 aromatic carbocycles. The SMILES string of the molecule is CNC1CCCCCC1c1nc(C2CCCC(C)C2)no1. The highest BCUT2D eigenvalue weighted by molar-refractivity contribution is 5.04. The van der Waals surface area contributed by atoms with Crippen LogP contribution in [0, 0.1) is 5.92 Å². The van der Waals surface area contributed by atoms with Gasteiger partial charge >= 0.3 is 0 Å². The summed E-state index contributed by atoms with van der Waals surface area (Å²) in [7, 11) is 2.06. The van der Waals surface area contributed by atoms with Gasteiger partial charge in [0.05, 0.1) is 5.92 Å². The smallest absolute Gasteiger partial charge is 0.231 e. The lowest BCUT2D eigenvalue weighted by atomic mass is 9.82. The largest absolute Gasteiger partial charge is 0.339 e. The van der Waals surface area contributed by atoms with Crippen molar-refractivity contribution in [3.8, 4) is 0 Å². The fourth-order valence-electron chi connectivity index (χ4n) is 4.18. The van der Waals surface area contributed by atoms with E-state index < -0.39 is 0 Å². The van der Waals surface area contributed by atoms with Gasteiger partial charge in [-0.1, -0.05) is 44.2 Å². The lowest BCUT2D eigenvalue weighted by Crippen LogP contribution is -2.31. The number of rotatable bonds is 3. The number of hydrogen-bond acceptors (Lipinski definition) is 4. The van der Waals surface area contributed by atoms with Gasteiger partial charge in [0.1, 0.15) is 0 Å². The minimum atomic E-state index is 0.403. The van der Waals surface area contributed by atoms with Crippen LogP contribution in [0.5, 0.6) is 0 Å².